The lowest BCUT2D eigenvalue weighted by atomic mass is 10.0. The number of aliphatic hydroxyl groups is 1. The maximum atomic E-state index is 12.2. The first kappa shape index (κ1) is 48.5. The maximum Gasteiger partial charge on any atom is 0.306 e. The zero-order chi connectivity index (χ0) is 37.3. The van der Waals surface area contributed by atoms with Crippen LogP contribution < -0.4 is 0 Å². The Hall–Kier alpha value is -2.47. The highest BCUT2D eigenvalue weighted by molar-refractivity contribution is 5.90. The number of allylic oxidation sites excluding steroid dienone is 8. The number of unbranched alkanes of at least 4 members (excludes halogenated alkanes) is 21. The number of hydrogen-bond acceptors (Lipinski definition) is 6. The SMILES string of the molecule is CCCCC/C=C\C/C=C\C/C=C\C=C\C(=O)CCCC(=O)OC[C@H](CO)OC(=O)CCCCCCCCCCCCCCCCCCCCC. The van der Waals surface area contributed by atoms with Gasteiger partial charge >= 0.3 is 11.9 Å². The van der Waals surface area contributed by atoms with Crippen molar-refractivity contribution in [2.75, 3.05) is 13.2 Å². The first-order chi connectivity index (χ1) is 25.0. The summed E-state index contributed by atoms with van der Waals surface area (Å²) in [5.41, 5.74) is 0. The van der Waals surface area contributed by atoms with E-state index in [2.05, 4.69) is 38.2 Å². The van der Waals surface area contributed by atoms with Crippen LogP contribution >= 0.6 is 0 Å². The molecule has 6 heteroatoms. The molecule has 0 unspecified atom stereocenters. The molecule has 0 heterocycles. The Balaban J connectivity index is 3.70. The molecule has 1 atom stereocenters. The highest BCUT2D eigenvalue weighted by Crippen LogP contribution is 2.15. The molecule has 51 heavy (non-hydrogen) atoms. The number of esters is 2. The van der Waals surface area contributed by atoms with E-state index in [1.165, 1.54) is 128 Å². The fourth-order valence-corrected chi connectivity index (χ4v) is 5.86. The maximum absolute atomic E-state index is 12.2. The Morgan fingerprint density at radius 3 is 1.53 bits per heavy atom. The standard InChI is InChI=1S/C45H78O6/c1-3-5-7-9-11-13-15-17-18-19-20-21-22-24-26-28-30-32-34-38-45(49)51-43(40-46)41-50-44(48)39-35-37-42(47)36-33-31-29-27-25-23-16-14-12-10-8-6-4-2/h12,14,23,25,29,31,33,36,43,46H,3-11,13,15-22,24,26-28,30,32,34-35,37-41H2,1-2H3/b14-12-,25-23-,31-29-,36-33+/t43-/m0/s1. The fraction of sp³-hybridized carbons (Fsp3) is 0.756. The van der Waals surface area contributed by atoms with E-state index in [4.69, 9.17) is 9.47 Å². The van der Waals surface area contributed by atoms with E-state index >= 15 is 0 Å². The van der Waals surface area contributed by atoms with Gasteiger partial charge in [-0.3, -0.25) is 14.4 Å². The topological polar surface area (TPSA) is 89.9 Å². The molecular formula is C45H78O6. The molecule has 0 radical (unpaired) electrons. The van der Waals surface area contributed by atoms with E-state index in [-0.39, 0.29) is 31.2 Å². The third-order valence-electron chi connectivity index (χ3n) is 9.10. The van der Waals surface area contributed by atoms with Crippen molar-refractivity contribution in [3.8, 4) is 0 Å². The summed E-state index contributed by atoms with van der Waals surface area (Å²) in [5, 5.41) is 9.56. The zero-order valence-electron chi connectivity index (χ0n) is 33.1. The first-order valence-corrected chi connectivity index (χ1v) is 21.1. The van der Waals surface area contributed by atoms with Crippen LogP contribution in [0, 0.1) is 0 Å². The van der Waals surface area contributed by atoms with E-state index in [1.807, 2.05) is 12.2 Å². The predicted octanol–water partition coefficient (Wildman–Crippen LogP) is 12.6. The second-order valence-electron chi connectivity index (χ2n) is 14.1. The molecule has 0 fully saturated rings. The van der Waals surface area contributed by atoms with Gasteiger partial charge in [0, 0.05) is 19.3 Å². The normalized spacial score (nSPS) is 12.5. The van der Waals surface area contributed by atoms with E-state index in [0.717, 1.165) is 38.5 Å². The molecule has 6 nitrogen and oxygen atoms in total. The molecule has 0 bridgehead atoms. The van der Waals surface area contributed by atoms with Crippen LogP contribution in [0.25, 0.3) is 0 Å². The van der Waals surface area contributed by atoms with Crippen molar-refractivity contribution < 1.29 is 29.0 Å². The van der Waals surface area contributed by atoms with Crippen molar-refractivity contribution in [1.82, 2.24) is 0 Å². The molecule has 0 aromatic heterocycles. The van der Waals surface area contributed by atoms with Crippen LogP contribution in [0.2, 0.25) is 0 Å². The largest absolute Gasteiger partial charge is 0.462 e. The lowest BCUT2D eigenvalue weighted by Gasteiger charge is -2.15. The third kappa shape index (κ3) is 38.6. The van der Waals surface area contributed by atoms with Crippen LogP contribution in [0.1, 0.15) is 200 Å². The van der Waals surface area contributed by atoms with Gasteiger partial charge in [-0.25, -0.2) is 0 Å². The van der Waals surface area contributed by atoms with Gasteiger partial charge in [-0.15, -0.1) is 0 Å². The minimum Gasteiger partial charge on any atom is -0.462 e. The smallest absolute Gasteiger partial charge is 0.306 e. The minimum absolute atomic E-state index is 0.0480. The fourth-order valence-electron chi connectivity index (χ4n) is 5.86. The molecule has 0 aromatic rings. The number of ether oxygens (including phenoxy) is 2. The Labute approximate surface area is 314 Å². The summed E-state index contributed by atoms with van der Waals surface area (Å²) >= 11 is 0. The molecule has 0 amide bonds. The number of ketones is 1. The average Bonchev–Trinajstić information content (AvgIpc) is 3.12. The van der Waals surface area contributed by atoms with Gasteiger partial charge in [-0.1, -0.05) is 185 Å². The molecular weight excluding hydrogens is 636 g/mol. The third-order valence-corrected chi connectivity index (χ3v) is 9.10. The molecule has 294 valence electrons. The minimum atomic E-state index is -0.861. The monoisotopic (exact) mass is 715 g/mol. The number of carbonyl (C=O) groups excluding carboxylic acids is 3. The van der Waals surface area contributed by atoms with Crippen molar-refractivity contribution >= 4 is 17.7 Å². The van der Waals surface area contributed by atoms with Gasteiger partial charge in [0.15, 0.2) is 11.9 Å². The van der Waals surface area contributed by atoms with Gasteiger partial charge < -0.3 is 14.6 Å². The molecule has 0 aliphatic carbocycles. The lowest BCUT2D eigenvalue weighted by Crippen LogP contribution is -2.28. The van der Waals surface area contributed by atoms with Crippen LogP contribution in [-0.4, -0.2) is 42.1 Å². The Kier molecular flexibility index (Phi) is 38.4. The summed E-state index contributed by atoms with van der Waals surface area (Å²) in [7, 11) is 0. The van der Waals surface area contributed by atoms with Crippen molar-refractivity contribution in [3.05, 3.63) is 48.6 Å². The second-order valence-corrected chi connectivity index (χ2v) is 14.1. The van der Waals surface area contributed by atoms with Crippen LogP contribution in [-0.2, 0) is 23.9 Å². The van der Waals surface area contributed by atoms with Crippen LogP contribution in [0.3, 0.4) is 0 Å². The van der Waals surface area contributed by atoms with Crippen molar-refractivity contribution in [2.24, 2.45) is 0 Å². The highest BCUT2D eigenvalue weighted by Gasteiger charge is 2.16. The van der Waals surface area contributed by atoms with E-state index in [0.29, 0.717) is 12.8 Å². The zero-order valence-corrected chi connectivity index (χ0v) is 33.1. The summed E-state index contributed by atoms with van der Waals surface area (Å²) in [5.74, 6) is -0.888. The van der Waals surface area contributed by atoms with Crippen molar-refractivity contribution in [2.45, 2.75) is 206 Å². The molecule has 0 aliphatic rings. The Bertz CT molecular complexity index is 918. The molecule has 0 aliphatic heterocycles. The van der Waals surface area contributed by atoms with Crippen molar-refractivity contribution in [1.29, 1.82) is 0 Å². The van der Waals surface area contributed by atoms with Gasteiger partial charge in [-0.05, 0) is 44.6 Å². The van der Waals surface area contributed by atoms with Gasteiger partial charge in [0.1, 0.15) is 6.61 Å². The van der Waals surface area contributed by atoms with Gasteiger partial charge in [0.25, 0.3) is 0 Å². The van der Waals surface area contributed by atoms with E-state index in [9.17, 15) is 19.5 Å². The molecule has 0 aromatic carbocycles. The number of hydrogen-bond donors (Lipinski definition) is 1. The molecule has 0 spiro atoms. The Morgan fingerprint density at radius 2 is 0.980 bits per heavy atom. The predicted molar refractivity (Wildman–Crippen MR) is 215 cm³/mol. The Morgan fingerprint density at radius 1 is 0.510 bits per heavy atom. The highest BCUT2D eigenvalue weighted by atomic mass is 16.6. The molecule has 0 saturated carbocycles. The number of rotatable bonds is 38. The lowest BCUT2D eigenvalue weighted by molar-refractivity contribution is -0.161. The van der Waals surface area contributed by atoms with Crippen molar-refractivity contribution in [3.63, 3.8) is 0 Å². The second kappa shape index (κ2) is 40.3. The summed E-state index contributed by atoms with van der Waals surface area (Å²) < 4.78 is 10.5. The van der Waals surface area contributed by atoms with Crippen LogP contribution in [0.15, 0.2) is 48.6 Å². The van der Waals surface area contributed by atoms with Gasteiger partial charge in [0.2, 0.25) is 0 Å². The quantitative estimate of drug-likeness (QED) is 0.0225. The number of carbonyl (C=O) groups is 3. The molecule has 1 N–H and O–H groups in total. The first-order valence-electron chi connectivity index (χ1n) is 21.1. The number of aliphatic hydroxyl groups excluding tert-OH is 1. The van der Waals surface area contributed by atoms with Gasteiger partial charge in [-0.2, -0.15) is 0 Å². The molecule has 0 saturated heterocycles. The molecule has 0 rings (SSSR count). The van der Waals surface area contributed by atoms with Crippen LogP contribution in [0.4, 0.5) is 0 Å². The summed E-state index contributed by atoms with van der Waals surface area (Å²) in [6.07, 6.45) is 47.5. The van der Waals surface area contributed by atoms with E-state index in [1.54, 1.807) is 6.08 Å². The van der Waals surface area contributed by atoms with E-state index < -0.39 is 18.7 Å². The summed E-state index contributed by atoms with van der Waals surface area (Å²) in [6.45, 7) is 3.91. The summed E-state index contributed by atoms with van der Waals surface area (Å²) in [6, 6.07) is 0. The van der Waals surface area contributed by atoms with Gasteiger partial charge in [0.05, 0.1) is 6.61 Å². The summed E-state index contributed by atoms with van der Waals surface area (Å²) in [4.78, 5) is 36.3. The van der Waals surface area contributed by atoms with Crippen LogP contribution in [0.5, 0.6) is 0 Å². The average molecular weight is 715 g/mol.